The topological polar surface area (TPSA) is 12.0 Å². The molecule has 0 heterocycles. The van der Waals surface area contributed by atoms with Gasteiger partial charge in [0.25, 0.3) is 0 Å². The number of hydrogen-bond donors (Lipinski definition) is 1. The van der Waals surface area contributed by atoms with Gasteiger partial charge in [0.2, 0.25) is 0 Å². The van der Waals surface area contributed by atoms with Crippen molar-refractivity contribution in [3.05, 3.63) is 66.4 Å². The van der Waals surface area contributed by atoms with Gasteiger partial charge in [-0.1, -0.05) is 27.5 Å². The maximum absolute atomic E-state index is 13.9. The van der Waals surface area contributed by atoms with Crippen LogP contribution in [0.5, 0.6) is 0 Å². The summed E-state index contributed by atoms with van der Waals surface area (Å²) in [5.74, 6) is -0.226. The highest BCUT2D eigenvalue weighted by atomic mass is 127. The molecule has 20 heavy (non-hydrogen) atoms. The third-order valence-corrected chi connectivity index (χ3v) is 4.74. The van der Waals surface area contributed by atoms with Crippen molar-refractivity contribution in [2.24, 2.45) is 0 Å². The lowest BCUT2D eigenvalue weighted by molar-refractivity contribution is 0.553. The third kappa shape index (κ3) is 3.93. The molecule has 2 aromatic rings. The lowest BCUT2D eigenvalue weighted by Gasteiger charge is -2.19. The van der Waals surface area contributed by atoms with Crippen LogP contribution in [0.3, 0.4) is 0 Å². The Bertz CT molecular complexity index is 621. The average molecular weight is 469 g/mol. The van der Waals surface area contributed by atoms with Crippen LogP contribution in [0.2, 0.25) is 5.02 Å². The molecule has 0 aliphatic rings. The van der Waals surface area contributed by atoms with E-state index in [4.69, 9.17) is 11.6 Å². The Morgan fingerprint density at radius 3 is 2.75 bits per heavy atom. The van der Waals surface area contributed by atoms with Gasteiger partial charge in [0.1, 0.15) is 5.82 Å². The predicted octanol–water partition coefficient (Wildman–Crippen LogP) is 5.35. The molecule has 0 aromatic heterocycles. The monoisotopic (exact) mass is 467 g/mol. The number of rotatable bonds is 4. The molecule has 106 valence electrons. The molecule has 0 aliphatic carbocycles. The second kappa shape index (κ2) is 7.20. The van der Waals surface area contributed by atoms with Gasteiger partial charge in [0.05, 0.1) is 0 Å². The molecule has 0 amide bonds. The maximum atomic E-state index is 13.9. The largest absolute Gasteiger partial charge is 0.313 e. The molecule has 1 nitrogen and oxygen atoms in total. The van der Waals surface area contributed by atoms with E-state index in [2.05, 4.69) is 49.9 Å². The normalized spacial score (nSPS) is 12.4. The number of benzene rings is 2. The summed E-state index contributed by atoms with van der Waals surface area (Å²) in [6, 6.07) is 10.8. The molecule has 1 atom stereocenters. The molecule has 2 rings (SSSR count). The summed E-state index contributed by atoms with van der Waals surface area (Å²) >= 11 is 11.8. The van der Waals surface area contributed by atoms with E-state index in [0.717, 1.165) is 13.6 Å². The van der Waals surface area contributed by atoms with Crippen molar-refractivity contribution in [2.75, 3.05) is 7.05 Å². The highest BCUT2D eigenvalue weighted by Crippen LogP contribution is 2.29. The average Bonchev–Trinajstić information content (AvgIpc) is 2.42. The fraction of sp³-hybridized carbons (Fsp3) is 0.200. The molecule has 0 fully saturated rings. The molecule has 2 aromatic carbocycles. The van der Waals surface area contributed by atoms with E-state index in [-0.39, 0.29) is 11.9 Å². The molecule has 0 saturated carbocycles. The Balaban J connectivity index is 2.33. The van der Waals surface area contributed by atoms with Gasteiger partial charge >= 0.3 is 0 Å². The number of halogens is 4. The minimum Gasteiger partial charge on any atom is -0.313 e. The van der Waals surface area contributed by atoms with Crippen LogP contribution >= 0.6 is 50.1 Å². The van der Waals surface area contributed by atoms with Crippen molar-refractivity contribution >= 4 is 50.1 Å². The van der Waals surface area contributed by atoms with Gasteiger partial charge in [0.15, 0.2) is 0 Å². The van der Waals surface area contributed by atoms with Crippen molar-refractivity contribution in [1.29, 1.82) is 0 Å². The molecule has 5 heteroatoms. The summed E-state index contributed by atoms with van der Waals surface area (Å²) in [4.78, 5) is 0. The van der Waals surface area contributed by atoms with Crippen molar-refractivity contribution in [3.8, 4) is 0 Å². The fourth-order valence-electron chi connectivity index (χ4n) is 2.07. The first-order valence-corrected chi connectivity index (χ1v) is 8.32. The van der Waals surface area contributed by atoms with Gasteiger partial charge in [-0.25, -0.2) is 4.39 Å². The Morgan fingerprint density at radius 2 is 2.05 bits per heavy atom. The van der Waals surface area contributed by atoms with E-state index in [9.17, 15) is 4.39 Å². The van der Waals surface area contributed by atoms with E-state index in [1.54, 1.807) is 12.1 Å². The standard InChI is InChI=1S/C15H13BrClFIN/c1-20-15(12-8-11(19)3-4-13(12)16)7-9-6-10(17)2-5-14(9)18/h2-6,8,15,20H,7H2,1H3. The van der Waals surface area contributed by atoms with Crippen molar-refractivity contribution < 1.29 is 4.39 Å². The quantitative estimate of drug-likeness (QED) is 0.597. The Hall–Kier alpha value is -0.170. The first-order valence-electron chi connectivity index (χ1n) is 6.07. The SMILES string of the molecule is CNC(Cc1cc(Cl)ccc1F)c1cc(I)ccc1Br. The van der Waals surface area contributed by atoms with Gasteiger partial charge in [-0.15, -0.1) is 0 Å². The zero-order chi connectivity index (χ0) is 14.7. The van der Waals surface area contributed by atoms with Crippen molar-refractivity contribution in [3.63, 3.8) is 0 Å². The van der Waals surface area contributed by atoms with E-state index >= 15 is 0 Å². The van der Waals surface area contributed by atoms with Gasteiger partial charge < -0.3 is 5.32 Å². The molecule has 1 N–H and O–H groups in total. The van der Waals surface area contributed by atoms with Crippen LogP contribution in [0.4, 0.5) is 4.39 Å². The second-order valence-electron chi connectivity index (χ2n) is 4.45. The zero-order valence-corrected chi connectivity index (χ0v) is 15.3. The van der Waals surface area contributed by atoms with E-state index in [1.807, 2.05) is 19.2 Å². The predicted molar refractivity (Wildman–Crippen MR) is 93.8 cm³/mol. The summed E-state index contributed by atoms with van der Waals surface area (Å²) in [7, 11) is 1.87. The molecule has 0 aliphatic heterocycles. The van der Waals surface area contributed by atoms with Crippen LogP contribution in [0.15, 0.2) is 40.9 Å². The van der Waals surface area contributed by atoms with Crippen LogP contribution in [-0.2, 0) is 6.42 Å². The summed E-state index contributed by atoms with van der Waals surface area (Å²) in [6.07, 6.45) is 0.543. The highest BCUT2D eigenvalue weighted by molar-refractivity contribution is 14.1. The third-order valence-electron chi connectivity index (χ3n) is 3.11. The van der Waals surface area contributed by atoms with Crippen molar-refractivity contribution in [2.45, 2.75) is 12.5 Å². The van der Waals surface area contributed by atoms with Crippen LogP contribution < -0.4 is 5.32 Å². The van der Waals surface area contributed by atoms with Crippen LogP contribution in [0.1, 0.15) is 17.2 Å². The molecule has 0 radical (unpaired) electrons. The summed E-state index contributed by atoms with van der Waals surface area (Å²) in [5.41, 5.74) is 1.72. The summed E-state index contributed by atoms with van der Waals surface area (Å²) < 4.78 is 16.0. The van der Waals surface area contributed by atoms with E-state index in [1.165, 1.54) is 6.07 Å². The fourth-order valence-corrected chi connectivity index (χ4v) is 3.30. The van der Waals surface area contributed by atoms with Gasteiger partial charge in [-0.2, -0.15) is 0 Å². The molecular formula is C15H13BrClFIN. The van der Waals surface area contributed by atoms with Crippen LogP contribution in [0, 0.1) is 9.39 Å². The van der Waals surface area contributed by atoms with Gasteiger partial charge in [-0.3, -0.25) is 0 Å². The number of likely N-dealkylation sites (N-methyl/N-ethyl adjacent to an activating group) is 1. The first kappa shape index (κ1) is 16.2. The van der Waals surface area contributed by atoms with E-state index in [0.29, 0.717) is 17.0 Å². The van der Waals surface area contributed by atoms with Gasteiger partial charge in [-0.05, 0) is 83.6 Å². The smallest absolute Gasteiger partial charge is 0.126 e. The molecule has 1 unspecified atom stereocenters. The van der Waals surface area contributed by atoms with Crippen LogP contribution in [0.25, 0.3) is 0 Å². The molecular weight excluding hydrogens is 455 g/mol. The second-order valence-corrected chi connectivity index (χ2v) is 6.98. The van der Waals surface area contributed by atoms with Gasteiger partial charge in [0, 0.05) is 19.1 Å². The molecule has 0 spiro atoms. The minimum atomic E-state index is -0.226. The first-order chi connectivity index (χ1) is 9.51. The number of hydrogen-bond acceptors (Lipinski definition) is 1. The Kier molecular flexibility index (Phi) is 5.84. The minimum absolute atomic E-state index is 0.0204. The highest BCUT2D eigenvalue weighted by Gasteiger charge is 2.16. The molecule has 0 saturated heterocycles. The Morgan fingerprint density at radius 1 is 1.30 bits per heavy atom. The zero-order valence-electron chi connectivity index (χ0n) is 10.8. The Labute approximate surface area is 145 Å². The van der Waals surface area contributed by atoms with Crippen LogP contribution in [-0.4, -0.2) is 7.05 Å². The maximum Gasteiger partial charge on any atom is 0.126 e. The number of nitrogens with one attached hydrogen (secondary N) is 1. The lowest BCUT2D eigenvalue weighted by Crippen LogP contribution is -2.20. The lowest BCUT2D eigenvalue weighted by atomic mass is 9.99. The van der Waals surface area contributed by atoms with E-state index < -0.39 is 0 Å². The molecule has 0 bridgehead atoms. The summed E-state index contributed by atoms with van der Waals surface area (Å²) in [5, 5.41) is 3.79. The van der Waals surface area contributed by atoms with Crippen molar-refractivity contribution in [1.82, 2.24) is 5.32 Å². The summed E-state index contributed by atoms with van der Waals surface area (Å²) in [6.45, 7) is 0.